The van der Waals surface area contributed by atoms with Crippen molar-refractivity contribution >= 4 is 16.9 Å². The average molecular weight is 286 g/mol. The van der Waals surface area contributed by atoms with Crippen LogP contribution in [0.4, 0.5) is 0 Å². The first kappa shape index (κ1) is 19.0. The highest BCUT2D eigenvalue weighted by Crippen LogP contribution is 2.15. The Hall–Kier alpha value is 0.0200. The third kappa shape index (κ3) is 16.0. The summed E-state index contributed by atoms with van der Waals surface area (Å²) in [5.41, 5.74) is 0. The van der Waals surface area contributed by atoms with Crippen molar-refractivity contribution in [2.24, 2.45) is 0 Å². The number of carbonyl (C=O) groups excluding carboxylic acids is 1. The van der Waals surface area contributed by atoms with E-state index >= 15 is 0 Å². The van der Waals surface area contributed by atoms with Gasteiger partial charge in [-0.1, -0.05) is 96.2 Å². The van der Waals surface area contributed by atoms with Gasteiger partial charge in [0.05, 0.1) is 0 Å². The van der Waals surface area contributed by atoms with Crippen LogP contribution in [0.2, 0.25) is 0 Å². The van der Waals surface area contributed by atoms with Gasteiger partial charge < -0.3 is 0 Å². The van der Waals surface area contributed by atoms with Gasteiger partial charge in [0.2, 0.25) is 0 Å². The van der Waals surface area contributed by atoms with E-state index < -0.39 is 0 Å². The first-order valence-electron chi connectivity index (χ1n) is 8.28. The standard InChI is InChI=1S/C17H33OS/c1-3-5-6-7-8-9-10-11-12-13-14-15-16-17(18)19-4-2/h4H,3,5-16H2,1-2H3. The van der Waals surface area contributed by atoms with Gasteiger partial charge in [-0.25, -0.2) is 0 Å². The number of hydrogen-bond donors (Lipinski definition) is 0. The van der Waals surface area contributed by atoms with Crippen molar-refractivity contribution in [2.75, 3.05) is 0 Å². The summed E-state index contributed by atoms with van der Waals surface area (Å²) in [6, 6.07) is 0. The monoisotopic (exact) mass is 285 g/mol. The largest absolute Gasteiger partial charge is 0.287 e. The van der Waals surface area contributed by atoms with Crippen molar-refractivity contribution in [1.82, 2.24) is 0 Å². The lowest BCUT2D eigenvalue weighted by Crippen LogP contribution is -1.90. The van der Waals surface area contributed by atoms with Crippen LogP contribution in [0.3, 0.4) is 0 Å². The first-order valence-corrected chi connectivity index (χ1v) is 9.16. The zero-order valence-electron chi connectivity index (χ0n) is 13.1. The van der Waals surface area contributed by atoms with Gasteiger partial charge in [0, 0.05) is 12.2 Å². The van der Waals surface area contributed by atoms with Gasteiger partial charge in [0.25, 0.3) is 0 Å². The van der Waals surface area contributed by atoms with Crippen molar-refractivity contribution in [3.8, 4) is 0 Å². The van der Waals surface area contributed by atoms with E-state index in [1.807, 2.05) is 12.7 Å². The fraction of sp³-hybridized carbons (Fsp3) is 0.882. The van der Waals surface area contributed by atoms with Gasteiger partial charge in [-0.15, -0.1) is 0 Å². The highest BCUT2D eigenvalue weighted by molar-refractivity contribution is 8.15. The summed E-state index contributed by atoms with van der Waals surface area (Å²) in [6.07, 6.45) is 17.0. The molecule has 113 valence electrons. The molecule has 0 rings (SSSR count). The van der Waals surface area contributed by atoms with Gasteiger partial charge in [-0.2, -0.15) is 0 Å². The topological polar surface area (TPSA) is 17.1 Å². The second-order valence-electron chi connectivity index (χ2n) is 5.36. The second-order valence-corrected chi connectivity index (χ2v) is 6.53. The predicted octanol–water partition coefficient (Wildman–Crippen LogP) is 6.52. The fourth-order valence-corrected chi connectivity index (χ4v) is 2.83. The number of hydrogen-bond acceptors (Lipinski definition) is 2. The van der Waals surface area contributed by atoms with E-state index in [1.54, 1.807) is 0 Å². The zero-order chi connectivity index (χ0) is 14.2. The van der Waals surface area contributed by atoms with Crippen LogP contribution >= 0.6 is 11.8 Å². The van der Waals surface area contributed by atoms with E-state index in [9.17, 15) is 4.79 Å². The Morgan fingerprint density at radius 2 is 1.21 bits per heavy atom. The molecule has 0 aromatic rings. The van der Waals surface area contributed by atoms with Crippen LogP contribution in [0.5, 0.6) is 0 Å². The maximum atomic E-state index is 11.3. The molecule has 0 fully saturated rings. The van der Waals surface area contributed by atoms with Crippen molar-refractivity contribution in [1.29, 1.82) is 0 Å². The van der Waals surface area contributed by atoms with E-state index in [0.717, 1.165) is 12.8 Å². The maximum Gasteiger partial charge on any atom is 0.189 e. The van der Waals surface area contributed by atoms with E-state index in [2.05, 4.69) is 6.92 Å². The Kier molecular flexibility index (Phi) is 16.1. The van der Waals surface area contributed by atoms with Gasteiger partial charge in [0.1, 0.15) is 0 Å². The van der Waals surface area contributed by atoms with Crippen LogP contribution in [0.1, 0.15) is 97.3 Å². The zero-order valence-corrected chi connectivity index (χ0v) is 13.9. The Balaban J connectivity index is 3.01. The van der Waals surface area contributed by atoms with Crippen LogP contribution in [0.15, 0.2) is 0 Å². The summed E-state index contributed by atoms with van der Waals surface area (Å²) in [6.45, 7) is 4.19. The lowest BCUT2D eigenvalue weighted by atomic mass is 10.0. The summed E-state index contributed by atoms with van der Waals surface area (Å²) >= 11 is 1.35. The van der Waals surface area contributed by atoms with E-state index in [0.29, 0.717) is 5.12 Å². The van der Waals surface area contributed by atoms with E-state index in [1.165, 1.54) is 82.4 Å². The van der Waals surface area contributed by atoms with Crippen molar-refractivity contribution in [3.05, 3.63) is 5.75 Å². The first-order chi connectivity index (χ1) is 9.31. The molecular formula is C17H33OS. The molecule has 0 saturated heterocycles. The molecular weight excluding hydrogens is 252 g/mol. The molecule has 0 amide bonds. The molecule has 0 bridgehead atoms. The Bertz CT molecular complexity index is 192. The summed E-state index contributed by atoms with van der Waals surface area (Å²) in [5.74, 6) is 1.88. The summed E-state index contributed by atoms with van der Waals surface area (Å²) in [4.78, 5) is 11.3. The van der Waals surface area contributed by atoms with E-state index in [-0.39, 0.29) is 0 Å². The highest BCUT2D eigenvalue weighted by atomic mass is 32.2. The molecule has 0 aliphatic heterocycles. The predicted molar refractivity (Wildman–Crippen MR) is 88.3 cm³/mol. The normalized spacial score (nSPS) is 10.8. The molecule has 0 N–H and O–H groups in total. The molecule has 0 aliphatic rings. The molecule has 0 spiro atoms. The van der Waals surface area contributed by atoms with Gasteiger partial charge in [-0.05, 0) is 6.42 Å². The van der Waals surface area contributed by atoms with E-state index in [4.69, 9.17) is 0 Å². The quantitative estimate of drug-likeness (QED) is 0.338. The van der Waals surface area contributed by atoms with Crippen molar-refractivity contribution in [3.63, 3.8) is 0 Å². The SMILES string of the molecule is C[CH]SC(=O)CCCCCCCCCCCCCC. The van der Waals surface area contributed by atoms with Crippen LogP contribution in [-0.2, 0) is 4.79 Å². The molecule has 1 radical (unpaired) electrons. The Morgan fingerprint density at radius 3 is 1.63 bits per heavy atom. The Morgan fingerprint density at radius 1 is 0.789 bits per heavy atom. The second kappa shape index (κ2) is 16.1. The molecule has 0 aromatic carbocycles. The van der Waals surface area contributed by atoms with Gasteiger partial charge in [0.15, 0.2) is 5.12 Å². The molecule has 0 unspecified atom stereocenters. The molecule has 0 saturated carbocycles. The lowest BCUT2D eigenvalue weighted by molar-refractivity contribution is -0.111. The van der Waals surface area contributed by atoms with Gasteiger partial charge >= 0.3 is 0 Å². The Labute approximate surface area is 125 Å². The molecule has 0 atom stereocenters. The van der Waals surface area contributed by atoms with Gasteiger partial charge in [-0.3, -0.25) is 4.79 Å². The average Bonchev–Trinajstić information content (AvgIpc) is 2.40. The number of thioether (sulfide) groups is 1. The number of carbonyl (C=O) groups is 1. The summed E-state index contributed by atoms with van der Waals surface area (Å²) in [5, 5.41) is 0.328. The lowest BCUT2D eigenvalue weighted by Gasteiger charge is -2.02. The smallest absolute Gasteiger partial charge is 0.189 e. The molecule has 0 aliphatic carbocycles. The van der Waals surface area contributed by atoms with Crippen LogP contribution < -0.4 is 0 Å². The third-order valence-corrected chi connectivity index (χ3v) is 4.19. The summed E-state index contributed by atoms with van der Waals surface area (Å²) < 4.78 is 0. The van der Waals surface area contributed by atoms with Crippen molar-refractivity contribution < 1.29 is 4.79 Å². The minimum Gasteiger partial charge on any atom is -0.287 e. The molecule has 2 heteroatoms. The number of unbranched alkanes of at least 4 members (excludes halogenated alkanes) is 11. The highest BCUT2D eigenvalue weighted by Gasteiger charge is 2.00. The fourth-order valence-electron chi connectivity index (χ4n) is 2.30. The third-order valence-electron chi connectivity index (χ3n) is 3.48. The minimum absolute atomic E-state index is 0.328. The molecule has 19 heavy (non-hydrogen) atoms. The maximum absolute atomic E-state index is 11.3. The van der Waals surface area contributed by atoms with Crippen LogP contribution in [-0.4, -0.2) is 5.12 Å². The van der Waals surface area contributed by atoms with Crippen molar-refractivity contribution in [2.45, 2.75) is 97.3 Å². The van der Waals surface area contributed by atoms with Crippen LogP contribution in [0, 0.1) is 5.75 Å². The minimum atomic E-state index is 0.328. The van der Waals surface area contributed by atoms with Crippen LogP contribution in [0.25, 0.3) is 0 Å². The molecule has 0 aromatic heterocycles. The molecule has 1 nitrogen and oxygen atoms in total. The number of rotatable bonds is 14. The molecule has 0 heterocycles. The summed E-state index contributed by atoms with van der Waals surface area (Å²) in [7, 11) is 0.